The van der Waals surface area contributed by atoms with Crippen LogP contribution in [0.4, 0.5) is 0 Å². The molecule has 1 aliphatic rings. The molecular weight excluding hydrogens is 356 g/mol. The molecule has 3 rings (SSSR count). The Morgan fingerprint density at radius 1 is 1.48 bits per heavy atom. The lowest BCUT2D eigenvalue weighted by Gasteiger charge is -2.24. The predicted octanol–water partition coefficient (Wildman–Crippen LogP) is 4.37. The third kappa shape index (κ3) is 3.47. The van der Waals surface area contributed by atoms with Gasteiger partial charge >= 0.3 is 0 Å². The molecule has 0 saturated carbocycles. The fourth-order valence-corrected chi connectivity index (χ4v) is 4.16. The zero-order valence-electron chi connectivity index (χ0n) is 13.9. The Bertz CT molecular complexity index is 677. The van der Waals surface area contributed by atoms with Crippen molar-refractivity contribution in [1.82, 2.24) is 9.78 Å². The van der Waals surface area contributed by atoms with E-state index in [1.165, 1.54) is 17.5 Å². The molecule has 4 nitrogen and oxygen atoms in total. The number of benzene rings is 1. The van der Waals surface area contributed by atoms with Gasteiger partial charge in [0, 0.05) is 23.1 Å². The van der Waals surface area contributed by atoms with E-state index in [1.807, 2.05) is 10.9 Å². The molecule has 126 valence electrons. The van der Waals surface area contributed by atoms with E-state index in [-0.39, 0.29) is 12.8 Å². The lowest BCUT2D eigenvalue weighted by atomic mass is 9.94. The number of halogens is 1. The van der Waals surface area contributed by atoms with E-state index < -0.39 is 0 Å². The molecule has 0 spiro atoms. The number of nitrogens with zero attached hydrogens (tertiary/aromatic N) is 2. The molecule has 0 amide bonds. The lowest BCUT2D eigenvalue weighted by Crippen LogP contribution is -2.19. The summed E-state index contributed by atoms with van der Waals surface area (Å²) in [5, 5.41) is 14.9. The third-order valence-corrected chi connectivity index (χ3v) is 5.67. The van der Waals surface area contributed by atoms with Crippen molar-refractivity contribution in [2.24, 2.45) is 5.92 Å². The summed E-state index contributed by atoms with van der Waals surface area (Å²) in [6.45, 7) is 5.41. The Balaban J connectivity index is 1.96. The van der Waals surface area contributed by atoms with Crippen LogP contribution in [0.2, 0.25) is 0 Å². The summed E-state index contributed by atoms with van der Waals surface area (Å²) in [7, 11) is 0. The van der Waals surface area contributed by atoms with Gasteiger partial charge in [-0.2, -0.15) is 5.10 Å². The van der Waals surface area contributed by atoms with Crippen molar-refractivity contribution in [3.63, 3.8) is 0 Å². The lowest BCUT2D eigenvalue weighted by molar-refractivity contribution is -0.0366. The summed E-state index contributed by atoms with van der Waals surface area (Å²) in [5.41, 5.74) is 3.73. The standard InChI is InChI=1S/C18H25BrN2O2/c1-12(6-7-22)9-14-13(2)10-16-15(18(14)19)11-20-21(16)17-5-3-4-8-23-17/h10-12,17,22H,3-9H2,1-2H3. The van der Waals surface area contributed by atoms with E-state index in [0.717, 1.165) is 47.7 Å². The van der Waals surface area contributed by atoms with Crippen LogP contribution in [-0.2, 0) is 11.2 Å². The molecule has 23 heavy (non-hydrogen) atoms. The first-order chi connectivity index (χ1) is 11.1. The highest BCUT2D eigenvalue weighted by atomic mass is 79.9. The van der Waals surface area contributed by atoms with E-state index in [2.05, 4.69) is 40.9 Å². The Morgan fingerprint density at radius 2 is 2.30 bits per heavy atom. The summed E-state index contributed by atoms with van der Waals surface area (Å²) < 4.78 is 9.07. The maximum absolute atomic E-state index is 9.13. The number of aliphatic hydroxyl groups is 1. The van der Waals surface area contributed by atoms with Crippen LogP contribution in [0.15, 0.2) is 16.7 Å². The quantitative estimate of drug-likeness (QED) is 0.837. The van der Waals surface area contributed by atoms with Gasteiger partial charge in [0.1, 0.15) is 0 Å². The Hall–Kier alpha value is -0.910. The highest BCUT2D eigenvalue weighted by Crippen LogP contribution is 2.35. The van der Waals surface area contributed by atoms with Crippen LogP contribution in [0.25, 0.3) is 10.9 Å². The van der Waals surface area contributed by atoms with Gasteiger partial charge in [0.15, 0.2) is 6.23 Å². The number of aliphatic hydroxyl groups excluding tert-OH is 1. The first-order valence-electron chi connectivity index (χ1n) is 8.49. The van der Waals surface area contributed by atoms with Crippen LogP contribution in [0, 0.1) is 12.8 Å². The molecular formula is C18H25BrN2O2. The van der Waals surface area contributed by atoms with Crippen molar-refractivity contribution in [2.45, 2.75) is 52.2 Å². The molecule has 5 heteroatoms. The molecule has 0 radical (unpaired) electrons. The first kappa shape index (κ1) is 16.9. The Kier molecular flexibility index (Phi) is 5.39. The summed E-state index contributed by atoms with van der Waals surface area (Å²) >= 11 is 3.79. The van der Waals surface area contributed by atoms with Crippen molar-refractivity contribution in [3.8, 4) is 0 Å². The SMILES string of the molecule is Cc1cc2c(cnn2C2CCCCO2)c(Br)c1CC(C)CCO. The normalized spacial score (nSPS) is 20.1. The highest BCUT2D eigenvalue weighted by Gasteiger charge is 2.21. The van der Waals surface area contributed by atoms with Crippen LogP contribution in [-0.4, -0.2) is 28.1 Å². The molecule has 1 saturated heterocycles. The van der Waals surface area contributed by atoms with Gasteiger partial charge in [0.05, 0.1) is 11.7 Å². The van der Waals surface area contributed by atoms with Gasteiger partial charge in [-0.15, -0.1) is 0 Å². The van der Waals surface area contributed by atoms with Gasteiger partial charge in [-0.1, -0.05) is 6.92 Å². The van der Waals surface area contributed by atoms with Crippen molar-refractivity contribution < 1.29 is 9.84 Å². The number of rotatable bonds is 5. The molecule has 0 aliphatic carbocycles. The fraction of sp³-hybridized carbons (Fsp3) is 0.611. The average Bonchev–Trinajstić information content (AvgIpc) is 2.96. The van der Waals surface area contributed by atoms with E-state index in [0.29, 0.717) is 5.92 Å². The van der Waals surface area contributed by atoms with Gasteiger partial charge in [-0.25, -0.2) is 4.68 Å². The summed E-state index contributed by atoms with van der Waals surface area (Å²) in [4.78, 5) is 0. The van der Waals surface area contributed by atoms with E-state index in [1.54, 1.807) is 0 Å². The highest BCUT2D eigenvalue weighted by molar-refractivity contribution is 9.10. The van der Waals surface area contributed by atoms with Crippen LogP contribution >= 0.6 is 15.9 Å². The van der Waals surface area contributed by atoms with Crippen molar-refractivity contribution >= 4 is 26.8 Å². The molecule has 2 unspecified atom stereocenters. The minimum absolute atomic E-state index is 0.0618. The molecule has 0 bridgehead atoms. The minimum Gasteiger partial charge on any atom is -0.396 e. The summed E-state index contributed by atoms with van der Waals surface area (Å²) in [6.07, 6.45) is 7.17. The van der Waals surface area contributed by atoms with Crippen LogP contribution < -0.4 is 0 Å². The second kappa shape index (κ2) is 7.32. The van der Waals surface area contributed by atoms with E-state index in [9.17, 15) is 0 Å². The second-order valence-electron chi connectivity index (χ2n) is 6.65. The molecule has 2 atom stereocenters. The largest absolute Gasteiger partial charge is 0.396 e. The zero-order chi connectivity index (χ0) is 16.4. The average molecular weight is 381 g/mol. The monoisotopic (exact) mass is 380 g/mol. The van der Waals surface area contributed by atoms with Crippen molar-refractivity contribution in [2.75, 3.05) is 13.2 Å². The van der Waals surface area contributed by atoms with Gasteiger partial charge in [-0.3, -0.25) is 0 Å². The van der Waals surface area contributed by atoms with Crippen molar-refractivity contribution in [1.29, 1.82) is 0 Å². The molecule has 1 aromatic heterocycles. The molecule has 1 aliphatic heterocycles. The topological polar surface area (TPSA) is 47.3 Å². The van der Waals surface area contributed by atoms with E-state index >= 15 is 0 Å². The number of hydrogen-bond donors (Lipinski definition) is 1. The Labute approximate surface area is 146 Å². The molecule has 2 heterocycles. The van der Waals surface area contributed by atoms with Crippen molar-refractivity contribution in [3.05, 3.63) is 27.9 Å². The number of aryl methyl sites for hydroxylation is 1. The number of ether oxygens (including phenoxy) is 1. The minimum atomic E-state index is 0.0618. The van der Waals surface area contributed by atoms with Gasteiger partial charge < -0.3 is 9.84 Å². The zero-order valence-corrected chi connectivity index (χ0v) is 15.5. The van der Waals surface area contributed by atoms with Crippen LogP contribution in [0.5, 0.6) is 0 Å². The molecule has 1 fully saturated rings. The number of hydrogen-bond acceptors (Lipinski definition) is 3. The second-order valence-corrected chi connectivity index (χ2v) is 7.44. The van der Waals surface area contributed by atoms with Crippen LogP contribution in [0.3, 0.4) is 0 Å². The molecule has 1 aromatic carbocycles. The van der Waals surface area contributed by atoms with Gasteiger partial charge in [0.25, 0.3) is 0 Å². The first-order valence-corrected chi connectivity index (χ1v) is 9.28. The summed E-state index contributed by atoms with van der Waals surface area (Å²) in [5.74, 6) is 0.462. The molecule has 2 aromatic rings. The van der Waals surface area contributed by atoms with Gasteiger partial charge in [-0.05, 0) is 78.1 Å². The predicted molar refractivity (Wildman–Crippen MR) is 95.6 cm³/mol. The maximum atomic E-state index is 9.13. The Morgan fingerprint density at radius 3 is 3.00 bits per heavy atom. The third-order valence-electron chi connectivity index (χ3n) is 4.77. The fourth-order valence-electron chi connectivity index (χ4n) is 3.38. The van der Waals surface area contributed by atoms with E-state index in [4.69, 9.17) is 9.84 Å². The molecule has 1 N–H and O–H groups in total. The maximum Gasteiger partial charge on any atom is 0.150 e. The number of fused-ring (bicyclic) bond motifs is 1. The van der Waals surface area contributed by atoms with Gasteiger partial charge in [0.2, 0.25) is 0 Å². The van der Waals surface area contributed by atoms with Crippen LogP contribution in [0.1, 0.15) is 50.0 Å². The summed E-state index contributed by atoms with van der Waals surface area (Å²) in [6, 6.07) is 2.23. The number of aromatic nitrogens is 2. The smallest absolute Gasteiger partial charge is 0.150 e.